The zero-order chi connectivity index (χ0) is 12.6. The van der Waals surface area contributed by atoms with Gasteiger partial charge in [-0.25, -0.2) is 0 Å². The average molecular weight is 243 g/mol. The third kappa shape index (κ3) is 2.46. The Labute approximate surface area is 94.9 Å². The van der Waals surface area contributed by atoms with Gasteiger partial charge >= 0.3 is 6.36 Å². The summed E-state index contributed by atoms with van der Waals surface area (Å²) in [6.45, 7) is 1.63. The van der Waals surface area contributed by atoms with Gasteiger partial charge < -0.3 is 4.74 Å². The number of benzene rings is 1. The number of halogens is 3. The zero-order valence-corrected chi connectivity index (χ0v) is 8.78. The summed E-state index contributed by atoms with van der Waals surface area (Å²) in [6.07, 6.45) is -3.30. The molecule has 90 valence electrons. The first-order chi connectivity index (χ1) is 7.87. The van der Waals surface area contributed by atoms with E-state index in [0.717, 1.165) is 12.1 Å². The van der Waals surface area contributed by atoms with E-state index in [1.165, 1.54) is 12.3 Å². The van der Waals surface area contributed by atoms with Gasteiger partial charge in [0, 0.05) is 11.8 Å². The summed E-state index contributed by atoms with van der Waals surface area (Å²) in [4.78, 5) is 15.7. The monoisotopic (exact) mass is 243 g/mol. The third-order valence-corrected chi connectivity index (χ3v) is 2.32. The number of ketones is 1. The summed E-state index contributed by atoms with van der Waals surface area (Å²) in [5.74, 6) is -1.10. The Balaban J connectivity index is 2.37. The van der Waals surface area contributed by atoms with Crippen LogP contribution in [0, 0.1) is 5.92 Å². The van der Waals surface area contributed by atoms with Crippen LogP contribution in [0.15, 0.2) is 23.2 Å². The second-order valence-corrected chi connectivity index (χ2v) is 3.66. The minimum atomic E-state index is -4.76. The smallest absolute Gasteiger partial charge is 0.406 e. The highest BCUT2D eigenvalue weighted by molar-refractivity contribution is 6.12. The fourth-order valence-corrected chi connectivity index (χ4v) is 1.53. The van der Waals surface area contributed by atoms with E-state index in [9.17, 15) is 18.0 Å². The summed E-state index contributed by atoms with van der Waals surface area (Å²) in [5, 5.41) is 0. The van der Waals surface area contributed by atoms with E-state index >= 15 is 0 Å². The van der Waals surface area contributed by atoms with Gasteiger partial charge in [0.2, 0.25) is 0 Å². The van der Waals surface area contributed by atoms with E-state index in [2.05, 4.69) is 9.73 Å². The Kier molecular flexibility index (Phi) is 2.65. The lowest BCUT2D eigenvalue weighted by Crippen LogP contribution is -2.19. The van der Waals surface area contributed by atoms with Crippen molar-refractivity contribution in [3.63, 3.8) is 0 Å². The Bertz CT molecular complexity index is 494. The van der Waals surface area contributed by atoms with Crippen molar-refractivity contribution in [2.45, 2.75) is 13.3 Å². The lowest BCUT2D eigenvalue weighted by molar-refractivity contribution is -0.274. The van der Waals surface area contributed by atoms with Crippen molar-refractivity contribution in [3.05, 3.63) is 23.8 Å². The molecule has 17 heavy (non-hydrogen) atoms. The van der Waals surface area contributed by atoms with E-state index in [1.807, 2.05) is 0 Å². The quantitative estimate of drug-likeness (QED) is 0.760. The number of rotatable bonds is 1. The molecule has 1 aliphatic heterocycles. The van der Waals surface area contributed by atoms with Crippen LogP contribution in [0.5, 0.6) is 5.75 Å². The molecular weight excluding hydrogens is 235 g/mol. The van der Waals surface area contributed by atoms with Gasteiger partial charge in [0.05, 0.1) is 11.6 Å². The molecule has 0 fully saturated rings. The summed E-state index contributed by atoms with van der Waals surface area (Å²) >= 11 is 0. The molecule has 0 amide bonds. The number of fused-ring (bicyclic) bond motifs is 1. The van der Waals surface area contributed by atoms with Crippen LogP contribution in [0.1, 0.15) is 17.3 Å². The molecule has 0 N–H and O–H groups in total. The molecule has 0 bridgehead atoms. The Morgan fingerprint density at radius 1 is 1.35 bits per heavy atom. The van der Waals surface area contributed by atoms with Crippen LogP contribution in [-0.2, 0) is 0 Å². The highest BCUT2D eigenvalue weighted by Gasteiger charge is 2.32. The number of carbonyl (C=O) groups excluding carboxylic acids is 1. The molecule has 1 aliphatic rings. The standard InChI is InChI=1S/C11H8F3NO2/c1-6-5-15-9-3-2-7(17-11(12,13)14)4-8(9)10(6)16/h2-6H,1H3. The maximum Gasteiger partial charge on any atom is 0.573 e. The third-order valence-electron chi connectivity index (χ3n) is 2.32. The van der Waals surface area contributed by atoms with Crippen molar-refractivity contribution < 1.29 is 22.7 Å². The van der Waals surface area contributed by atoms with Crippen molar-refractivity contribution in [2.75, 3.05) is 0 Å². The van der Waals surface area contributed by atoms with Gasteiger partial charge in [-0.2, -0.15) is 0 Å². The van der Waals surface area contributed by atoms with E-state index in [-0.39, 0.29) is 11.3 Å². The maximum absolute atomic E-state index is 12.0. The first kappa shape index (κ1) is 11.6. The predicted molar refractivity (Wildman–Crippen MR) is 54.8 cm³/mol. The molecule has 0 aliphatic carbocycles. The topological polar surface area (TPSA) is 38.7 Å². The molecule has 0 radical (unpaired) electrons. The molecule has 1 heterocycles. The van der Waals surface area contributed by atoms with Crippen LogP contribution in [-0.4, -0.2) is 18.4 Å². The maximum atomic E-state index is 12.0. The SMILES string of the molecule is CC1C=Nc2ccc(OC(F)(F)F)cc2C1=O. The first-order valence-electron chi connectivity index (χ1n) is 4.85. The van der Waals surface area contributed by atoms with E-state index in [4.69, 9.17) is 0 Å². The van der Waals surface area contributed by atoms with E-state index < -0.39 is 18.0 Å². The number of nitrogens with zero attached hydrogens (tertiary/aromatic N) is 1. The molecule has 2 rings (SSSR count). The lowest BCUT2D eigenvalue weighted by Gasteiger charge is -2.15. The Morgan fingerprint density at radius 3 is 2.71 bits per heavy atom. The molecule has 1 unspecified atom stereocenters. The molecule has 0 saturated heterocycles. The lowest BCUT2D eigenvalue weighted by atomic mass is 9.96. The van der Waals surface area contributed by atoms with Gasteiger partial charge in [0.25, 0.3) is 0 Å². The van der Waals surface area contributed by atoms with Crippen LogP contribution in [0.3, 0.4) is 0 Å². The fourth-order valence-electron chi connectivity index (χ4n) is 1.53. The van der Waals surface area contributed by atoms with Gasteiger partial charge in [-0.05, 0) is 18.2 Å². The minimum Gasteiger partial charge on any atom is -0.406 e. The molecule has 0 saturated carbocycles. The van der Waals surface area contributed by atoms with E-state index in [1.54, 1.807) is 6.92 Å². The molecule has 1 aromatic carbocycles. The Hall–Kier alpha value is -1.85. The molecule has 6 heteroatoms. The van der Waals surface area contributed by atoms with Gasteiger partial charge in [-0.15, -0.1) is 13.2 Å². The summed E-state index contributed by atoms with van der Waals surface area (Å²) in [5.41, 5.74) is 0.518. The van der Waals surface area contributed by atoms with Gasteiger partial charge in [-0.1, -0.05) is 6.92 Å². The second kappa shape index (κ2) is 3.87. The van der Waals surface area contributed by atoms with Crippen LogP contribution in [0.4, 0.5) is 18.9 Å². The van der Waals surface area contributed by atoms with Crippen LogP contribution in [0.2, 0.25) is 0 Å². The highest BCUT2D eigenvalue weighted by Crippen LogP contribution is 2.31. The first-order valence-corrected chi connectivity index (χ1v) is 4.85. The predicted octanol–water partition coefficient (Wildman–Crippen LogP) is 3.12. The van der Waals surface area contributed by atoms with Crippen molar-refractivity contribution in [1.29, 1.82) is 0 Å². The zero-order valence-electron chi connectivity index (χ0n) is 8.78. The average Bonchev–Trinajstić information content (AvgIpc) is 2.22. The molecule has 3 nitrogen and oxygen atoms in total. The van der Waals surface area contributed by atoms with Gasteiger partial charge in [-0.3, -0.25) is 9.79 Å². The van der Waals surface area contributed by atoms with Crippen LogP contribution >= 0.6 is 0 Å². The number of hydrogen-bond acceptors (Lipinski definition) is 3. The molecular formula is C11H8F3NO2. The van der Waals surface area contributed by atoms with Gasteiger partial charge in [0.1, 0.15) is 5.75 Å². The fraction of sp³-hybridized carbons (Fsp3) is 0.273. The van der Waals surface area contributed by atoms with E-state index in [0.29, 0.717) is 5.69 Å². The minimum absolute atomic E-state index is 0.154. The second-order valence-electron chi connectivity index (χ2n) is 3.66. The number of alkyl halides is 3. The van der Waals surface area contributed by atoms with Gasteiger partial charge in [0.15, 0.2) is 5.78 Å². The van der Waals surface area contributed by atoms with Crippen molar-refractivity contribution >= 4 is 17.7 Å². The highest BCUT2D eigenvalue weighted by atomic mass is 19.4. The number of ether oxygens (including phenoxy) is 1. The van der Waals surface area contributed by atoms with Crippen molar-refractivity contribution in [2.24, 2.45) is 10.9 Å². The largest absolute Gasteiger partial charge is 0.573 e. The Morgan fingerprint density at radius 2 is 2.06 bits per heavy atom. The number of carbonyl (C=O) groups is 1. The summed E-state index contributed by atoms with van der Waals surface area (Å²) in [6, 6.07) is 3.53. The molecule has 1 aromatic rings. The van der Waals surface area contributed by atoms with Crippen LogP contribution in [0.25, 0.3) is 0 Å². The van der Waals surface area contributed by atoms with Crippen molar-refractivity contribution in [3.8, 4) is 5.75 Å². The normalized spacial score (nSPS) is 19.1. The van der Waals surface area contributed by atoms with Crippen molar-refractivity contribution in [1.82, 2.24) is 0 Å². The number of hydrogen-bond donors (Lipinski definition) is 0. The number of Topliss-reactive ketones (excluding diaryl/α,β-unsaturated/α-hetero) is 1. The summed E-state index contributed by atoms with van der Waals surface area (Å²) < 4.78 is 39.8. The number of aliphatic imine (C=N–C) groups is 1. The summed E-state index contributed by atoms with van der Waals surface area (Å²) in [7, 11) is 0. The molecule has 1 atom stereocenters. The molecule has 0 spiro atoms. The van der Waals surface area contributed by atoms with Crippen LogP contribution < -0.4 is 4.74 Å². The molecule has 0 aromatic heterocycles.